The maximum atomic E-state index is 13.2. The highest BCUT2D eigenvalue weighted by Gasteiger charge is 2.11. The molecule has 0 aliphatic carbocycles. The first-order valence-electron chi connectivity index (χ1n) is 5.38. The summed E-state index contributed by atoms with van der Waals surface area (Å²) in [7, 11) is 1.76. The van der Waals surface area contributed by atoms with Crippen molar-refractivity contribution in [2.75, 3.05) is 0 Å². The number of benzene rings is 1. The van der Waals surface area contributed by atoms with Crippen LogP contribution in [0.2, 0.25) is 0 Å². The molecule has 90 valence electrons. The molecule has 2 heterocycles. The van der Waals surface area contributed by atoms with Gasteiger partial charge < -0.3 is 4.57 Å². The van der Waals surface area contributed by atoms with Gasteiger partial charge in [-0.25, -0.2) is 13.8 Å². The van der Waals surface area contributed by atoms with E-state index in [9.17, 15) is 8.78 Å². The molecule has 0 aliphatic heterocycles. The molecule has 0 fully saturated rings. The van der Waals surface area contributed by atoms with E-state index in [1.165, 1.54) is 24.4 Å². The van der Waals surface area contributed by atoms with Crippen molar-refractivity contribution < 1.29 is 8.78 Å². The molecule has 3 rings (SSSR count). The zero-order valence-corrected chi connectivity index (χ0v) is 9.56. The number of hydrogen-bond donors (Lipinski definition) is 0. The van der Waals surface area contributed by atoms with Gasteiger partial charge in [-0.1, -0.05) is 0 Å². The lowest BCUT2D eigenvalue weighted by Gasteiger charge is -2.01. The van der Waals surface area contributed by atoms with Crippen LogP contribution < -0.4 is 0 Å². The first-order chi connectivity index (χ1) is 8.65. The van der Waals surface area contributed by atoms with Crippen molar-refractivity contribution in [3.63, 3.8) is 0 Å². The van der Waals surface area contributed by atoms with Crippen LogP contribution in [0.1, 0.15) is 0 Å². The van der Waals surface area contributed by atoms with Gasteiger partial charge in [0.2, 0.25) is 0 Å². The number of fused-ring (bicyclic) bond motifs is 1. The van der Waals surface area contributed by atoms with Crippen molar-refractivity contribution in [2.24, 2.45) is 7.05 Å². The minimum absolute atomic E-state index is 0.325. The average molecular weight is 245 g/mol. The van der Waals surface area contributed by atoms with Gasteiger partial charge in [-0.3, -0.25) is 4.98 Å². The molecule has 2 aromatic heterocycles. The van der Waals surface area contributed by atoms with Crippen molar-refractivity contribution in [2.45, 2.75) is 0 Å². The van der Waals surface area contributed by atoms with E-state index in [1.54, 1.807) is 17.7 Å². The van der Waals surface area contributed by atoms with Gasteiger partial charge in [0, 0.05) is 18.8 Å². The van der Waals surface area contributed by atoms with Gasteiger partial charge in [-0.15, -0.1) is 0 Å². The third kappa shape index (κ3) is 1.64. The molecule has 0 atom stereocenters. The number of imidazole rings is 1. The minimum Gasteiger partial charge on any atom is -0.327 e. The van der Waals surface area contributed by atoms with Crippen LogP contribution in [-0.4, -0.2) is 14.5 Å². The molecule has 3 aromatic rings. The van der Waals surface area contributed by atoms with Crippen LogP contribution in [0.15, 0.2) is 36.7 Å². The Morgan fingerprint density at radius 3 is 2.67 bits per heavy atom. The zero-order chi connectivity index (χ0) is 12.7. The first kappa shape index (κ1) is 10.8. The summed E-state index contributed by atoms with van der Waals surface area (Å²) in [6.45, 7) is 0. The number of hydrogen-bond acceptors (Lipinski definition) is 2. The van der Waals surface area contributed by atoms with Gasteiger partial charge >= 0.3 is 0 Å². The van der Waals surface area contributed by atoms with Crippen LogP contribution in [0.3, 0.4) is 0 Å². The number of rotatable bonds is 1. The molecule has 1 aromatic carbocycles. The van der Waals surface area contributed by atoms with E-state index in [1.807, 2.05) is 0 Å². The van der Waals surface area contributed by atoms with Crippen LogP contribution in [0, 0.1) is 11.6 Å². The van der Waals surface area contributed by atoms with Crippen molar-refractivity contribution in [3.8, 4) is 11.4 Å². The van der Waals surface area contributed by atoms with Crippen molar-refractivity contribution in [1.82, 2.24) is 14.5 Å². The fourth-order valence-electron chi connectivity index (χ4n) is 1.96. The molecule has 0 amide bonds. The molecule has 0 unspecified atom stereocenters. The van der Waals surface area contributed by atoms with Crippen LogP contribution in [-0.2, 0) is 7.05 Å². The summed E-state index contributed by atoms with van der Waals surface area (Å²) in [4.78, 5) is 8.14. The van der Waals surface area contributed by atoms with Gasteiger partial charge in [0.25, 0.3) is 0 Å². The molecule has 0 radical (unpaired) electrons. The summed E-state index contributed by atoms with van der Waals surface area (Å²) in [5, 5.41) is 0. The van der Waals surface area contributed by atoms with E-state index in [4.69, 9.17) is 0 Å². The standard InChI is InChI=1S/C13H9F2N3/c1-18-12-5-9(14)2-3-11(12)17-13(18)8-4-10(15)7-16-6-8/h2-7H,1H3. The van der Waals surface area contributed by atoms with E-state index in [-0.39, 0.29) is 5.82 Å². The largest absolute Gasteiger partial charge is 0.327 e. The Balaban J connectivity index is 2.27. The topological polar surface area (TPSA) is 30.7 Å². The van der Waals surface area contributed by atoms with E-state index in [2.05, 4.69) is 9.97 Å². The summed E-state index contributed by atoms with van der Waals surface area (Å²) >= 11 is 0. The predicted octanol–water partition coefficient (Wildman–Crippen LogP) is 2.91. The maximum Gasteiger partial charge on any atom is 0.142 e. The number of pyridine rings is 1. The molecule has 0 aliphatic rings. The second-order valence-electron chi connectivity index (χ2n) is 4.02. The Bertz CT molecular complexity index is 734. The normalized spacial score (nSPS) is 11.1. The monoisotopic (exact) mass is 245 g/mol. The molecule has 3 nitrogen and oxygen atoms in total. The molecule has 0 bridgehead atoms. The van der Waals surface area contributed by atoms with Crippen molar-refractivity contribution in [3.05, 3.63) is 48.3 Å². The maximum absolute atomic E-state index is 13.2. The number of nitrogens with zero attached hydrogens (tertiary/aromatic N) is 3. The SMILES string of the molecule is Cn1c(-c2cncc(F)c2)nc2ccc(F)cc21. The van der Waals surface area contributed by atoms with Gasteiger partial charge in [-0.2, -0.15) is 0 Å². The van der Waals surface area contributed by atoms with Crippen LogP contribution >= 0.6 is 0 Å². The lowest BCUT2D eigenvalue weighted by molar-refractivity contribution is 0.621. The number of halogens is 2. The zero-order valence-electron chi connectivity index (χ0n) is 9.56. The molecule has 0 saturated heterocycles. The van der Waals surface area contributed by atoms with Crippen molar-refractivity contribution in [1.29, 1.82) is 0 Å². The Morgan fingerprint density at radius 1 is 1.06 bits per heavy atom. The highest BCUT2D eigenvalue weighted by Crippen LogP contribution is 2.23. The summed E-state index contributed by atoms with van der Waals surface area (Å²) < 4.78 is 28.0. The van der Waals surface area contributed by atoms with E-state index in [0.29, 0.717) is 22.4 Å². The van der Waals surface area contributed by atoms with Gasteiger partial charge in [0.1, 0.15) is 17.5 Å². The third-order valence-electron chi connectivity index (χ3n) is 2.81. The highest BCUT2D eigenvalue weighted by atomic mass is 19.1. The summed E-state index contributed by atoms with van der Waals surface area (Å²) in [6.07, 6.45) is 2.66. The number of aryl methyl sites for hydroxylation is 1. The first-order valence-corrected chi connectivity index (χ1v) is 5.38. The van der Waals surface area contributed by atoms with Gasteiger partial charge in [0.15, 0.2) is 0 Å². The Labute approximate surface area is 102 Å². The van der Waals surface area contributed by atoms with E-state index >= 15 is 0 Å². The fourth-order valence-corrected chi connectivity index (χ4v) is 1.96. The van der Waals surface area contributed by atoms with E-state index in [0.717, 1.165) is 6.20 Å². The quantitative estimate of drug-likeness (QED) is 0.660. The Hall–Kier alpha value is -2.30. The van der Waals surface area contributed by atoms with Crippen molar-refractivity contribution >= 4 is 11.0 Å². The second kappa shape index (κ2) is 3.87. The molecule has 0 N–H and O–H groups in total. The molecular weight excluding hydrogens is 236 g/mol. The highest BCUT2D eigenvalue weighted by molar-refractivity contribution is 5.80. The van der Waals surface area contributed by atoms with Crippen LogP contribution in [0.5, 0.6) is 0 Å². The predicted molar refractivity (Wildman–Crippen MR) is 63.9 cm³/mol. The molecule has 0 saturated carbocycles. The van der Waals surface area contributed by atoms with Gasteiger partial charge in [-0.05, 0) is 24.3 Å². The third-order valence-corrected chi connectivity index (χ3v) is 2.81. The smallest absolute Gasteiger partial charge is 0.142 e. The minimum atomic E-state index is -0.425. The van der Waals surface area contributed by atoms with Crippen LogP contribution in [0.25, 0.3) is 22.4 Å². The lowest BCUT2D eigenvalue weighted by Crippen LogP contribution is -1.93. The fraction of sp³-hybridized carbons (Fsp3) is 0.0769. The molecule has 5 heteroatoms. The molecular formula is C13H9F2N3. The number of aromatic nitrogens is 3. The van der Waals surface area contributed by atoms with Crippen LogP contribution in [0.4, 0.5) is 8.78 Å². The summed E-state index contributed by atoms with van der Waals surface area (Å²) in [6, 6.07) is 5.70. The average Bonchev–Trinajstić information content (AvgIpc) is 2.67. The summed E-state index contributed by atoms with van der Waals surface area (Å²) in [5.41, 5.74) is 1.89. The lowest BCUT2D eigenvalue weighted by atomic mass is 10.2. The second-order valence-corrected chi connectivity index (χ2v) is 4.02. The Morgan fingerprint density at radius 2 is 1.89 bits per heavy atom. The Kier molecular flexibility index (Phi) is 2.33. The molecule has 0 spiro atoms. The summed E-state index contributed by atoms with van der Waals surface area (Å²) in [5.74, 6) is -0.192. The van der Waals surface area contributed by atoms with E-state index < -0.39 is 5.82 Å². The van der Waals surface area contributed by atoms with Gasteiger partial charge in [0.05, 0.1) is 17.2 Å². The molecule has 18 heavy (non-hydrogen) atoms.